The van der Waals surface area contributed by atoms with Crippen LogP contribution >= 0.6 is 7.14 Å². The van der Waals surface area contributed by atoms with Crippen LogP contribution in [0.5, 0.6) is 0 Å². The average Bonchev–Trinajstić information content (AvgIpc) is 2.81. The first-order valence-electron chi connectivity index (χ1n) is 10.8. The largest absolute Gasteiger partial charge is 0.313 e. The molecule has 2 nitrogen and oxygen atoms in total. The third-order valence-corrected chi connectivity index (χ3v) is 9.64. The van der Waals surface area contributed by atoms with Crippen LogP contribution in [0.1, 0.15) is 36.9 Å². The Morgan fingerprint density at radius 3 is 1.69 bits per heavy atom. The molecule has 1 heterocycles. The molecule has 1 saturated heterocycles. The van der Waals surface area contributed by atoms with Crippen LogP contribution in [0.15, 0.2) is 91.0 Å². The number of benzene rings is 3. The van der Waals surface area contributed by atoms with Crippen molar-refractivity contribution < 1.29 is 4.57 Å². The quantitative estimate of drug-likeness (QED) is 0.478. The van der Waals surface area contributed by atoms with Gasteiger partial charge in [0.2, 0.25) is 0 Å². The van der Waals surface area contributed by atoms with E-state index >= 15 is 0 Å². The third-order valence-electron chi connectivity index (χ3n) is 6.07. The summed E-state index contributed by atoms with van der Waals surface area (Å²) in [5.41, 5.74) is 1.16. The number of hydrogen-bond donors (Lipinski definition) is 0. The maximum Gasteiger partial charge on any atom is 0.150 e. The Morgan fingerprint density at radius 2 is 1.17 bits per heavy atom. The molecule has 0 aliphatic carbocycles. The van der Waals surface area contributed by atoms with Crippen molar-refractivity contribution in [3.8, 4) is 0 Å². The molecule has 1 aliphatic rings. The smallest absolute Gasteiger partial charge is 0.150 e. The zero-order chi connectivity index (χ0) is 19.9. The van der Waals surface area contributed by atoms with E-state index in [0.29, 0.717) is 0 Å². The summed E-state index contributed by atoms with van der Waals surface area (Å²) in [6, 6.07) is 30.7. The fourth-order valence-electron chi connectivity index (χ4n) is 4.53. The van der Waals surface area contributed by atoms with Crippen molar-refractivity contribution in [2.24, 2.45) is 0 Å². The van der Waals surface area contributed by atoms with E-state index in [1.165, 1.54) is 37.9 Å². The van der Waals surface area contributed by atoms with Gasteiger partial charge in [-0.1, -0.05) is 97.4 Å². The van der Waals surface area contributed by atoms with E-state index in [1.54, 1.807) is 0 Å². The van der Waals surface area contributed by atoms with E-state index in [-0.39, 0.29) is 5.66 Å². The lowest BCUT2D eigenvalue weighted by Gasteiger charge is -2.33. The second kappa shape index (κ2) is 9.57. The van der Waals surface area contributed by atoms with Crippen LogP contribution in [0, 0.1) is 0 Å². The van der Waals surface area contributed by atoms with Gasteiger partial charge in [-0.3, -0.25) is 0 Å². The van der Waals surface area contributed by atoms with Gasteiger partial charge in [-0.2, -0.15) is 0 Å². The molecular formula is C26H30NOP. The van der Waals surface area contributed by atoms with Crippen LogP contribution in [0.3, 0.4) is 0 Å². The molecule has 0 radical (unpaired) electrons. The zero-order valence-electron chi connectivity index (χ0n) is 17.0. The molecule has 0 saturated carbocycles. The van der Waals surface area contributed by atoms with Gasteiger partial charge in [-0.05, 0) is 44.5 Å². The van der Waals surface area contributed by atoms with E-state index in [4.69, 9.17) is 0 Å². The van der Waals surface area contributed by atoms with Crippen LogP contribution in [0.4, 0.5) is 0 Å². The van der Waals surface area contributed by atoms with Crippen molar-refractivity contribution in [2.75, 3.05) is 19.6 Å². The van der Waals surface area contributed by atoms with Crippen molar-refractivity contribution in [2.45, 2.75) is 31.3 Å². The summed E-state index contributed by atoms with van der Waals surface area (Å²) in [6.45, 7) is 3.34. The Hall–Kier alpha value is -2.15. The monoisotopic (exact) mass is 403 g/mol. The molecular weight excluding hydrogens is 373 g/mol. The van der Waals surface area contributed by atoms with Gasteiger partial charge >= 0.3 is 0 Å². The van der Waals surface area contributed by atoms with Crippen molar-refractivity contribution in [3.05, 3.63) is 96.6 Å². The SMILES string of the molecule is O=P(c1ccccc1)(c1ccccc1)C(CCN1CCCCC1)c1ccccc1. The maximum atomic E-state index is 15.0. The van der Waals surface area contributed by atoms with Gasteiger partial charge in [0.25, 0.3) is 0 Å². The Labute approximate surface area is 175 Å². The van der Waals surface area contributed by atoms with Crippen LogP contribution in [-0.2, 0) is 4.57 Å². The van der Waals surface area contributed by atoms with Crippen LogP contribution < -0.4 is 10.6 Å². The molecule has 1 atom stereocenters. The summed E-state index contributed by atoms with van der Waals surface area (Å²) in [4.78, 5) is 2.56. The van der Waals surface area contributed by atoms with Crippen molar-refractivity contribution in [1.82, 2.24) is 4.90 Å². The predicted octanol–water partition coefficient (Wildman–Crippen LogP) is 5.62. The van der Waals surface area contributed by atoms with E-state index in [9.17, 15) is 4.57 Å². The number of rotatable bonds is 7. The van der Waals surface area contributed by atoms with E-state index < -0.39 is 7.14 Å². The maximum absolute atomic E-state index is 15.0. The first-order chi connectivity index (χ1) is 14.3. The molecule has 3 aromatic rings. The standard InChI is InChI=1S/C26H30NOP/c28-29(24-15-7-2-8-16-24,25-17-9-3-10-18-25)26(23-13-5-1-6-14-23)19-22-27-20-11-4-12-21-27/h1-3,5-10,13-18,26H,4,11-12,19-22H2. The first kappa shape index (κ1) is 20.1. The molecule has 29 heavy (non-hydrogen) atoms. The number of piperidine rings is 1. The predicted molar refractivity (Wildman–Crippen MR) is 124 cm³/mol. The second-order valence-electron chi connectivity index (χ2n) is 7.95. The van der Waals surface area contributed by atoms with Crippen LogP contribution in [0.25, 0.3) is 0 Å². The summed E-state index contributed by atoms with van der Waals surface area (Å²) in [5.74, 6) is 0. The molecule has 0 aromatic heterocycles. The normalized spacial score (nSPS) is 16.4. The first-order valence-corrected chi connectivity index (χ1v) is 12.5. The van der Waals surface area contributed by atoms with Gasteiger partial charge in [-0.25, -0.2) is 0 Å². The van der Waals surface area contributed by atoms with Gasteiger partial charge in [0, 0.05) is 16.3 Å². The molecule has 3 heteroatoms. The molecule has 0 spiro atoms. The number of nitrogens with zero attached hydrogens (tertiary/aromatic N) is 1. The highest BCUT2D eigenvalue weighted by Crippen LogP contribution is 2.58. The van der Waals surface area contributed by atoms with Crippen molar-refractivity contribution in [3.63, 3.8) is 0 Å². The van der Waals surface area contributed by atoms with Crippen molar-refractivity contribution in [1.29, 1.82) is 0 Å². The van der Waals surface area contributed by atoms with Gasteiger partial charge in [-0.15, -0.1) is 0 Å². The fraction of sp³-hybridized carbons (Fsp3) is 0.308. The lowest BCUT2D eigenvalue weighted by atomic mass is 10.1. The Bertz CT molecular complexity index is 877. The minimum absolute atomic E-state index is 0.0181. The molecule has 0 amide bonds. The highest BCUT2D eigenvalue weighted by Gasteiger charge is 2.37. The summed E-state index contributed by atoms with van der Waals surface area (Å²) in [7, 11) is -2.85. The van der Waals surface area contributed by atoms with Gasteiger partial charge < -0.3 is 9.46 Å². The fourth-order valence-corrected chi connectivity index (χ4v) is 7.85. The lowest BCUT2D eigenvalue weighted by Crippen LogP contribution is -2.32. The van der Waals surface area contributed by atoms with Crippen LogP contribution in [0.2, 0.25) is 0 Å². The molecule has 1 aliphatic heterocycles. The van der Waals surface area contributed by atoms with E-state index in [1.807, 2.05) is 66.7 Å². The summed E-state index contributed by atoms with van der Waals surface area (Å²) >= 11 is 0. The zero-order valence-corrected chi connectivity index (χ0v) is 17.9. The van der Waals surface area contributed by atoms with Gasteiger partial charge in [0.1, 0.15) is 7.14 Å². The molecule has 150 valence electrons. The van der Waals surface area contributed by atoms with Gasteiger partial charge in [0.15, 0.2) is 0 Å². The van der Waals surface area contributed by atoms with Crippen molar-refractivity contribution >= 4 is 17.8 Å². The van der Waals surface area contributed by atoms with E-state index in [2.05, 4.69) is 29.2 Å². The molecule has 3 aromatic carbocycles. The molecule has 0 bridgehead atoms. The topological polar surface area (TPSA) is 20.3 Å². The molecule has 1 fully saturated rings. The Morgan fingerprint density at radius 1 is 0.690 bits per heavy atom. The number of likely N-dealkylation sites (tertiary alicyclic amines) is 1. The molecule has 1 unspecified atom stereocenters. The number of hydrogen-bond acceptors (Lipinski definition) is 2. The highest BCUT2D eigenvalue weighted by atomic mass is 31.2. The average molecular weight is 404 g/mol. The molecule has 0 N–H and O–H groups in total. The third kappa shape index (κ3) is 4.55. The van der Waals surface area contributed by atoms with E-state index in [0.717, 1.165) is 23.6 Å². The lowest BCUT2D eigenvalue weighted by molar-refractivity contribution is 0.225. The summed E-state index contributed by atoms with van der Waals surface area (Å²) in [6.07, 6.45) is 4.81. The highest BCUT2D eigenvalue weighted by molar-refractivity contribution is 7.79. The summed E-state index contributed by atoms with van der Waals surface area (Å²) in [5, 5.41) is 1.91. The van der Waals surface area contributed by atoms with Gasteiger partial charge in [0.05, 0.1) is 0 Å². The Kier molecular flexibility index (Phi) is 6.64. The molecule has 4 rings (SSSR count). The minimum atomic E-state index is -2.85. The second-order valence-corrected chi connectivity index (χ2v) is 10.9. The van der Waals surface area contributed by atoms with Crippen LogP contribution in [-0.4, -0.2) is 24.5 Å². The Balaban J connectivity index is 1.77. The summed E-state index contributed by atoms with van der Waals surface area (Å²) < 4.78 is 15.0. The minimum Gasteiger partial charge on any atom is -0.313 e.